The summed E-state index contributed by atoms with van der Waals surface area (Å²) in [4.78, 5) is 22.1. The summed E-state index contributed by atoms with van der Waals surface area (Å²) in [6, 6.07) is 14.3. The molecule has 0 saturated heterocycles. The summed E-state index contributed by atoms with van der Waals surface area (Å²) in [5.74, 6) is -0.300. The van der Waals surface area contributed by atoms with E-state index in [0.717, 1.165) is 0 Å². The lowest BCUT2D eigenvalue weighted by Gasteiger charge is -2.05. The van der Waals surface area contributed by atoms with E-state index in [4.69, 9.17) is 5.26 Å². The van der Waals surface area contributed by atoms with Gasteiger partial charge in [0.25, 0.3) is 11.6 Å². The number of nitro benzene ring substituents is 1. The number of nitro groups is 1. The summed E-state index contributed by atoms with van der Waals surface area (Å²) in [5.41, 5.74) is 1.54. The summed E-state index contributed by atoms with van der Waals surface area (Å²) in [5, 5.41) is 22.0. The Kier molecular flexibility index (Phi) is 4.26. The fraction of sp³-hybridized carbons (Fsp3) is 0.0667. The van der Waals surface area contributed by atoms with Crippen molar-refractivity contribution in [2.45, 2.75) is 6.54 Å². The van der Waals surface area contributed by atoms with Crippen molar-refractivity contribution in [2.24, 2.45) is 0 Å². The van der Waals surface area contributed by atoms with Crippen molar-refractivity contribution in [3.05, 3.63) is 75.3 Å². The van der Waals surface area contributed by atoms with Crippen molar-refractivity contribution >= 4 is 11.6 Å². The molecule has 0 bridgehead atoms. The molecule has 6 nitrogen and oxygen atoms in total. The van der Waals surface area contributed by atoms with Crippen LogP contribution >= 0.6 is 0 Å². The Morgan fingerprint density at radius 2 is 1.95 bits per heavy atom. The van der Waals surface area contributed by atoms with Gasteiger partial charge in [-0.15, -0.1) is 0 Å². The van der Waals surface area contributed by atoms with Gasteiger partial charge >= 0.3 is 0 Å². The van der Waals surface area contributed by atoms with E-state index in [-0.39, 0.29) is 18.1 Å². The van der Waals surface area contributed by atoms with Crippen molar-refractivity contribution in [1.29, 1.82) is 5.26 Å². The molecule has 0 unspecified atom stereocenters. The highest BCUT2D eigenvalue weighted by Gasteiger charge is 2.08. The fourth-order valence-corrected chi connectivity index (χ4v) is 1.76. The van der Waals surface area contributed by atoms with E-state index in [1.807, 2.05) is 6.07 Å². The van der Waals surface area contributed by atoms with Crippen LogP contribution in [0.2, 0.25) is 0 Å². The minimum atomic E-state index is -0.480. The lowest BCUT2D eigenvalue weighted by atomic mass is 10.1. The minimum absolute atomic E-state index is 0.0138. The second-order valence-corrected chi connectivity index (χ2v) is 4.30. The largest absolute Gasteiger partial charge is 0.348 e. The Hall–Kier alpha value is -3.20. The molecule has 2 aromatic rings. The highest BCUT2D eigenvalue weighted by molar-refractivity contribution is 5.94. The van der Waals surface area contributed by atoms with Crippen LogP contribution in [0.1, 0.15) is 21.5 Å². The smallest absolute Gasteiger partial charge is 0.269 e. The highest BCUT2D eigenvalue weighted by atomic mass is 16.6. The molecular formula is C15H11N3O3. The SMILES string of the molecule is N#Cc1ccc(C(=O)NCc2cccc([N+](=O)[O-])c2)cc1. The summed E-state index contributed by atoms with van der Waals surface area (Å²) in [6.45, 7) is 0.195. The van der Waals surface area contributed by atoms with E-state index in [0.29, 0.717) is 16.7 Å². The predicted octanol–water partition coefficient (Wildman–Crippen LogP) is 2.40. The van der Waals surface area contributed by atoms with E-state index in [2.05, 4.69) is 5.32 Å². The Labute approximate surface area is 120 Å². The molecule has 21 heavy (non-hydrogen) atoms. The maximum Gasteiger partial charge on any atom is 0.269 e. The standard InChI is InChI=1S/C15H11N3O3/c16-9-11-4-6-13(7-5-11)15(19)17-10-12-2-1-3-14(8-12)18(20)21/h1-8H,10H2,(H,17,19). The number of benzene rings is 2. The molecule has 2 aromatic carbocycles. The number of nitrogens with zero attached hydrogens (tertiary/aromatic N) is 2. The number of non-ortho nitro benzene ring substituents is 1. The summed E-state index contributed by atoms with van der Waals surface area (Å²) in [6.07, 6.45) is 0. The average molecular weight is 281 g/mol. The molecule has 0 spiro atoms. The second-order valence-electron chi connectivity index (χ2n) is 4.30. The molecule has 2 rings (SSSR count). The first-order valence-electron chi connectivity index (χ1n) is 6.12. The van der Waals surface area contributed by atoms with E-state index < -0.39 is 4.92 Å². The van der Waals surface area contributed by atoms with Crippen LogP contribution in [0.3, 0.4) is 0 Å². The van der Waals surface area contributed by atoms with E-state index in [1.54, 1.807) is 36.4 Å². The van der Waals surface area contributed by atoms with Crippen molar-refractivity contribution in [1.82, 2.24) is 5.32 Å². The Bertz CT molecular complexity index is 718. The van der Waals surface area contributed by atoms with Gasteiger partial charge in [0.15, 0.2) is 0 Å². The number of hydrogen-bond acceptors (Lipinski definition) is 4. The summed E-state index contributed by atoms with van der Waals surface area (Å²) < 4.78 is 0. The van der Waals surface area contributed by atoms with Gasteiger partial charge in [-0.3, -0.25) is 14.9 Å². The fourth-order valence-electron chi connectivity index (χ4n) is 1.76. The van der Waals surface area contributed by atoms with Gasteiger partial charge in [-0.1, -0.05) is 12.1 Å². The molecule has 0 aromatic heterocycles. The number of carbonyl (C=O) groups excluding carboxylic acids is 1. The minimum Gasteiger partial charge on any atom is -0.348 e. The zero-order valence-corrected chi connectivity index (χ0v) is 10.9. The Balaban J connectivity index is 2.02. The topological polar surface area (TPSA) is 96.0 Å². The quantitative estimate of drug-likeness (QED) is 0.687. The van der Waals surface area contributed by atoms with Gasteiger partial charge < -0.3 is 5.32 Å². The number of rotatable bonds is 4. The first-order valence-corrected chi connectivity index (χ1v) is 6.12. The molecule has 0 aliphatic rings. The van der Waals surface area contributed by atoms with Crippen LogP contribution < -0.4 is 5.32 Å². The lowest BCUT2D eigenvalue weighted by molar-refractivity contribution is -0.384. The van der Waals surface area contributed by atoms with Gasteiger partial charge in [-0.25, -0.2) is 0 Å². The highest BCUT2D eigenvalue weighted by Crippen LogP contribution is 2.13. The van der Waals surface area contributed by atoms with Gasteiger partial charge in [-0.05, 0) is 29.8 Å². The van der Waals surface area contributed by atoms with Gasteiger partial charge in [0.2, 0.25) is 0 Å². The molecule has 0 aliphatic carbocycles. The molecule has 0 radical (unpaired) electrons. The molecule has 0 heterocycles. The molecule has 1 amide bonds. The Morgan fingerprint density at radius 3 is 2.57 bits per heavy atom. The monoisotopic (exact) mass is 281 g/mol. The zero-order valence-electron chi connectivity index (χ0n) is 10.9. The molecule has 6 heteroatoms. The van der Waals surface area contributed by atoms with Crippen molar-refractivity contribution in [3.8, 4) is 6.07 Å². The van der Waals surface area contributed by atoms with Crippen LogP contribution in [-0.2, 0) is 6.54 Å². The van der Waals surface area contributed by atoms with E-state index >= 15 is 0 Å². The lowest BCUT2D eigenvalue weighted by Crippen LogP contribution is -2.22. The van der Waals surface area contributed by atoms with Crippen LogP contribution in [0.15, 0.2) is 48.5 Å². The maximum absolute atomic E-state index is 11.9. The number of hydrogen-bond donors (Lipinski definition) is 1. The molecule has 1 N–H and O–H groups in total. The first-order chi connectivity index (χ1) is 10.1. The van der Waals surface area contributed by atoms with Crippen molar-refractivity contribution < 1.29 is 9.72 Å². The van der Waals surface area contributed by atoms with Crippen LogP contribution in [0.5, 0.6) is 0 Å². The van der Waals surface area contributed by atoms with Gasteiger partial charge in [0, 0.05) is 24.2 Å². The summed E-state index contributed by atoms with van der Waals surface area (Å²) >= 11 is 0. The molecule has 0 saturated carbocycles. The normalized spacial score (nSPS) is 9.67. The third-order valence-corrected chi connectivity index (χ3v) is 2.85. The van der Waals surface area contributed by atoms with E-state index in [1.165, 1.54) is 12.1 Å². The maximum atomic E-state index is 11.9. The molecule has 0 fully saturated rings. The van der Waals surface area contributed by atoms with Crippen LogP contribution in [0.25, 0.3) is 0 Å². The second kappa shape index (κ2) is 6.30. The molecular weight excluding hydrogens is 270 g/mol. The van der Waals surface area contributed by atoms with Crippen LogP contribution in [-0.4, -0.2) is 10.8 Å². The van der Waals surface area contributed by atoms with Crippen molar-refractivity contribution in [2.75, 3.05) is 0 Å². The number of carbonyl (C=O) groups is 1. The van der Waals surface area contributed by atoms with E-state index in [9.17, 15) is 14.9 Å². The van der Waals surface area contributed by atoms with Crippen LogP contribution in [0, 0.1) is 21.4 Å². The molecule has 0 atom stereocenters. The third-order valence-electron chi connectivity index (χ3n) is 2.85. The van der Waals surface area contributed by atoms with Gasteiger partial charge in [-0.2, -0.15) is 5.26 Å². The van der Waals surface area contributed by atoms with Gasteiger partial charge in [0.05, 0.1) is 16.6 Å². The number of amides is 1. The molecule has 104 valence electrons. The number of nitrogens with one attached hydrogen (secondary N) is 1. The molecule has 0 aliphatic heterocycles. The summed E-state index contributed by atoms with van der Waals surface area (Å²) in [7, 11) is 0. The average Bonchev–Trinajstić information content (AvgIpc) is 2.53. The van der Waals surface area contributed by atoms with Crippen LogP contribution in [0.4, 0.5) is 5.69 Å². The third kappa shape index (κ3) is 3.64. The number of nitriles is 1. The zero-order chi connectivity index (χ0) is 15.2. The van der Waals surface area contributed by atoms with Crippen molar-refractivity contribution in [3.63, 3.8) is 0 Å². The Morgan fingerprint density at radius 1 is 1.24 bits per heavy atom. The van der Waals surface area contributed by atoms with Gasteiger partial charge in [0.1, 0.15) is 0 Å². The first kappa shape index (κ1) is 14.2. The predicted molar refractivity (Wildman–Crippen MR) is 75.4 cm³/mol.